The first-order valence-electron chi connectivity index (χ1n) is 10.4. The molecule has 4 heteroatoms. The van der Waals surface area contributed by atoms with Crippen LogP contribution in [0.3, 0.4) is 0 Å². The van der Waals surface area contributed by atoms with Crippen molar-refractivity contribution in [3.63, 3.8) is 0 Å². The summed E-state index contributed by atoms with van der Waals surface area (Å²) in [4.78, 5) is 13.3. The van der Waals surface area contributed by atoms with E-state index in [1.54, 1.807) is 0 Å². The summed E-state index contributed by atoms with van der Waals surface area (Å²) in [5, 5.41) is 9.33. The van der Waals surface area contributed by atoms with Crippen LogP contribution in [0.5, 0.6) is 0 Å². The second kappa shape index (κ2) is 11.1. The Labute approximate surface area is 184 Å². The lowest BCUT2D eigenvalue weighted by Crippen LogP contribution is -2.39. The van der Waals surface area contributed by atoms with Crippen molar-refractivity contribution in [2.45, 2.75) is 37.4 Å². The van der Waals surface area contributed by atoms with Gasteiger partial charge in [0.15, 0.2) is 0 Å². The SMILES string of the molecule is COC(=O)C(CCC(CC#N)OCc1ccccc1)(c1ccccc1)c1ccccc1. The molecule has 0 spiro atoms. The molecule has 158 valence electrons. The predicted octanol–water partition coefficient (Wildman–Crippen LogP) is 5.42. The molecule has 3 aromatic carbocycles. The second-order valence-corrected chi connectivity index (χ2v) is 7.45. The van der Waals surface area contributed by atoms with Gasteiger partial charge in [0.1, 0.15) is 5.41 Å². The lowest BCUT2D eigenvalue weighted by Gasteiger charge is -2.33. The maximum absolute atomic E-state index is 13.3. The maximum atomic E-state index is 13.3. The van der Waals surface area contributed by atoms with Gasteiger partial charge in [-0.15, -0.1) is 0 Å². The predicted molar refractivity (Wildman–Crippen MR) is 120 cm³/mol. The summed E-state index contributed by atoms with van der Waals surface area (Å²) < 4.78 is 11.4. The number of ether oxygens (including phenoxy) is 2. The van der Waals surface area contributed by atoms with Gasteiger partial charge in [-0.3, -0.25) is 4.79 Å². The topological polar surface area (TPSA) is 59.3 Å². The van der Waals surface area contributed by atoms with E-state index in [0.29, 0.717) is 19.4 Å². The highest BCUT2D eigenvalue weighted by Gasteiger charge is 2.43. The molecule has 0 heterocycles. The molecule has 0 aliphatic rings. The number of carbonyl (C=O) groups is 1. The van der Waals surface area contributed by atoms with Crippen molar-refractivity contribution in [1.29, 1.82) is 5.26 Å². The van der Waals surface area contributed by atoms with Crippen molar-refractivity contribution in [1.82, 2.24) is 0 Å². The third-order valence-electron chi connectivity index (χ3n) is 5.56. The Balaban J connectivity index is 1.90. The van der Waals surface area contributed by atoms with E-state index < -0.39 is 5.41 Å². The number of rotatable bonds is 10. The lowest BCUT2D eigenvalue weighted by molar-refractivity contribution is -0.146. The first-order valence-corrected chi connectivity index (χ1v) is 10.4. The Morgan fingerprint density at radius 3 is 1.90 bits per heavy atom. The van der Waals surface area contributed by atoms with E-state index in [0.717, 1.165) is 16.7 Å². The minimum Gasteiger partial charge on any atom is -0.468 e. The molecule has 3 aromatic rings. The van der Waals surface area contributed by atoms with Crippen molar-refractivity contribution in [2.75, 3.05) is 7.11 Å². The Bertz CT molecular complexity index is 942. The summed E-state index contributed by atoms with van der Waals surface area (Å²) in [5.74, 6) is -0.316. The quantitative estimate of drug-likeness (QED) is 0.416. The molecule has 1 unspecified atom stereocenters. The van der Waals surface area contributed by atoms with Crippen molar-refractivity contribution in [3.05, 3.63) is 108 Å². The molecule has 3 rings (SSSR count). The van der Waals surface area contributed by atoms with Crippen LogP contribution in [0.25, 0.3) is 0 Å². The average molecular weight is 414 g/mol. The van der Waals surface area contributed by atoms with Gasteiger partial charge in [-0.1, -0.05) is 91.0 Å². The van der Waals surface area contributed by atoms with Gasteiger partial charge < -0.3 is 9.47 Å². The van der Waals surface area contributed by atoms with Gasteiger partial charge in [-0.25, -0.2) is 0 Å². The third kappa shape index (κ3) is 5.39. The number of nitriles is 1. The molecule has 0 N–H and O–H groups in total. The first kappa shape index (κ1) is 22.3. The molecule has 0 saturated carbocycles. The standard InChI is InChI=1S/C27H27NO3/c1-30-26(29)27(23-13-7-3-8-14-23,24-15-9-4-10-16-24)19-17-25(18-20-28)31-21-22-11-5-2-6-12-22/h2-16,25H,17-19,21H2,1H3. The van der Waals surface area contributed by atoms with Gasteiger partial charge in [0.05, 0.1) is 32.3 Å². The van der Waals surface area contributed by atoms with Gasteiger partial charge in [0.2, 0.25) is 0 Å². The Morgan fingerprint density at radius 2 is 1.42 bits per heavy atom. The van der Waals surface area contributed by atoms with Crippen LogP contribution >= 0.6 is 0 Å². The molecule has 1 atom stereocenters. The second-order valence-electron chi connectivity index (χ2n) is 7.45. The van der Waals surface area contributed by atoms with E-state index in [2.05, 4.69) is 6.07 Å². The number of nitrogens with zero attached hydrogens (tertiary/aromatic N) is 1. The van der Waals surface area contributed by atoms with E-state index in [1.165, 1.54) is 7.11 Å². The van der Waals surface area contributed by atoms with Gasteiger partial charge in [-0.05, 0) is 29.5 Å². The van der Waals surface area contributed by atoms with Crippen LogP contribution in [0, 0.1) is 11.3 Å². The summed E-state index contributed by atoms with van der Waals surface area (Å²) in [6.07, 6.45) is 0.976. The summed E-state index contributed by atoms with van der Waals surface area (Å²) in [6, 6.07) is 31.5. The molecule has 0 bridgehead atoms. The zero-order valence-corrected chi connectivity index (χ0v) is 17.7. The maximum Gasteiger partial charge on any atom is 0.320 e. The van der Waals surface area contributed by atoms with Gasteiger partial charge in [0, 0.05) is 0 Å². The van der Waals surface area contributed by atoms with Crippen LogP contribution in [-0.2, 0) is 26.3 Å². The number of methoxy groups -OCH3 is 1. The highest BCUT2D eigenvalue weighted by molar-refractivity contribution is 5.87. The number of esters is 1. The molecule has 0 aromatic heterocycles. The van der Waals surface area contributed by atoms with Crippen LogP contribution in [-0.4, -0.2) is 19.2 Å². The minimum absolute atomic E-state index is 0.258. The zero-order valence-electron chi connectivity index (χ0n) is 17.7. The summed E-state index contributed by atoms with van der Waals surface area (Å²) in [5.41, 5.74) is 1.82. The van der Waals surface area contributed by atoms with Crippen LogP contribution < -0.4 is 0 Å². The fraction of sp³-hybridized carbons (Fsp3) is 0.259. The summed E-state index contributed by atoms with van der Waals surface area (Å²) in [6.45, 7) is 0.426. The van der Waals surface area contributed by atoms with Gasteiger partial charge >= 0.3 is 5.97 Å². The Hall–Kier alpha value is -3.42. The van der Waals surface area contributed by atoms with Crippen molar-refractivity contribution in [3.8, 4) is 6.07 Å². The largest absolute Gasteiger partial charge is 0.468 e. The van der Waals surface area contributed by atoms with E-state index in [4.69, 9.17) is 9.47 Å². The van der Waals surface area contributed by atoms with E-state index in [-0.39, 0.29) is 18.5 Å². The van der Waals surface area contributed by atoms with Crippen LogP contribution in [0.1, 0.15) is 36.0 Å². The Kier molecular flexibility index (Phi) is 7.98. The average Bonchev–Trinajstić information content (AvgIpc) is 2.84. The Morgan fingerprint density at radius 1 is 0.903 bits per heavy atom. The van der Waals surface area contributed by atoms with Gasteiger partial charge in [0.25, 0.3) is 0 Å². The normalized spacial score (nSPS) is 12.0. The molecular weight excluding hydrogens is 386 g/mol. The molecule has 31 heavy (non-hydrogen) atoms. The smallest absolute Gasteiger partial charge is 0.320 e. The highest BCUT2D eigenvalue weighted by atomic mass is 16.5. The zero-order chi connectivity index (χ0) is 21.9. The fourth-order valence-corrected chi connectivity index (χ4v) is 3.92. The summed E-state index contributed by atoms with van der Waals surface area (Å²) >= 11 is 0. The molecular formula is C27H27NO3. The van der Waals surface area contributed by atoms with Crippen molar-refractivity contribution >= 4 is 5.97 Å². The monoisotopic (exact) mass is 413 g/mol. The van der Waals surface area contributed by atoms with Crippen LogP contribution in [0.2, 0.25) is 0 Å². The number of carbonyl (C=O) groups excluding carboxylic acids is 1. The van der Waals surface area contributed by atoms with Crippen LogP contribution in [0.15, 0.2) is 91.0 Å². The van der Waals surface area contributed by atoms with E-state index in [9.17, 15) is 10.1 Å². The fourth-order valence-electron chi connectivity index (χ4n) is 3.92. The molecule has 0 radical (unpaired) electrons. The lowest BCUT2D eigenvalue weighted by atomic mass is 9.70. The molecule has 0 fully saturated rings. The first-order chi connectivity index (χ1) is 15.2. The number of hydrogen-bond acceptors (Lipinski definition) is 4. The van der Waals surface area contributed by atoms with E-state index >= 15 is 0 Å². The number of hydrogen-bond donors (Lipinski definition) is 0. The van der Waals surface area contributed by atoms with E-state index in [1.807, 2.05) is 91.0 Å². The number of benzene rings is 3. The molecule has 0 aliphatic carbocycles. The molecule has 4 nitrogen and oxygen atoms in total. The van der Waals surface area contributed by atoms with Crippen LogP contribution in [0.4, 0.5) is 0 Å². The van der Waals surface area contributed by atoms with Crippen molar-refractivity contribution < 1.29 is 14.3 Å². The highest BCUT2D eigenvalue weighted by Crippen LogP contribution is 2.39. The molecule has 0 amide bonds. The molecule has 0 saturated heterocycles. The van der Waals surface area contributed by atoms with Gasteiger partial charge in [-0.2, -0.15) is 5.26 Å². The third-order valence-corrected chi connectivity index (χ3v) is 5.56. The minimum atomic E-state index is -0.971. The molecule has 0 aliphatic heterocycles. The summed E-state index contributed by atoms with van der Waals surface area (Å²) in [7, 11) is 1.42. The van der Waals surface area contributed by atoms with Crippen molar-refractivity contribution in [2.24, 2.45) is 0 Å².